The zero-order valence-electron chi connectivity index (χ0n) is 17.1. The highest BCUT2D eigenvalue weighted by molar-refractivity contribution is 9.10. The molecule has 0 fully saturated rings. The molecule has 0 aliphatic heterocycles. The predicted molar refractivity (Wildman–Crippen MR) is 130 cm³/mol. The maximum Gasteiger partial charge on any atom is 0.282 e. The molecule has 0 aliphatic rings. The highest BCUT2D eigenvalue weighted by Gasteiger charge is 2.15. The Hall–Kier alpha value is -1.70. The fourth-order valence-corrected chi connectivity index (χ4v) is 4.14. The molecular weight excluding hydrogens is 534 g/mol. The van der Waals surface area contributed by atoms with Crippen LogP contribution < -0.4 is 10.3 Å². The summed E-state index contributed by atoms with van der Waals surface area (Å²) in [6.45, 7) is 8.00. The number of aromatic nitrogens is 2. The molecule has 1 heterocycles. The van der Waals surface area contributed by atoms with Gasteiger partial charge in [-0.15, -0.1) is 0 Å². The van der Waals surface area contributed by atoms with Crippen molar-refractivity contribution in [3.8, 4) is 5.75 Å². The number of benzene rings is 2. The van der Waals surface area contributed by atoms with Crippen molar-refractivity contribution in [1.82, 2.24) is 9.66 Å². The Balaban J connectivity index is 2.18. The molecule has 3 rings (SSSR count). The lowest BCUT2D eigenvalue weighted by atomic mass is 10.2. The van der Waals surface area contributed by atoms with E-state index in [1.807, 2.05) is 32.9 Å². The fourth-order valence-electron chi connectivity index (χ4n) is 2.86. The van der Waals surface area contributed by atoms with E-state index in [0.717, 1.165) is 15.4 Å². The van der Waals surface area contributed by atoms with Crippen molar-refractivity contribution >= 4 is 60.6 Å². The van der Waals surface area contributed by atoms with Crippen molar-refractivity contribution < 1.29 is 4.74 Å². The number of fused-ring (bicyclic) bond motifs is 1. The highest BCUT2D eigenvalue weighted by Crippen LogP contribution is 2.33. The molecule has 0 aliphatic carbocycles. The first-order chi connectivity index (χ1) is 14.2. The second kappa shape index (κ2) is 9.62. The van der Waals surface area contributed by atoms with Crippen LogP contribution >= 0.6 is 43.5 Å². The molecule has 158 valence electrons. The molecule has 0 N–H and O–H groups in total. The molecule has 0 amide bonds. The van der Waals surface area contributed by atoms with E-state index in [4.69, 9.17) is 16.3 Å². The van der Waals surface area contributed by atoms with Crippen LogP contribution in [0.1, 0.15) is 51.4 Å². The molecule has 0 saturated heterocycles. The lowest BCUT2D eigenvalue weighted by molar-refractivity contribution is 0.215. The van der Waals surface area contributed by atoms with E-state index in [2.05, 4.69) is 48.9 Å². The van der Waals surface area contributed by atoms with Crippen LogP contribution in [0.25, 0.3) is 10.9 Å². The van der Waals surface area contributed by atoms with Gasteiger partial charge in [-0.05, 0) is 59.6 Å². The van der Waals surface area contributed by atoms with Crippen molar-refractivity contribution in [1.29, 1.82) is 0 Å². The summed E-state index contributed by atoms with van der Waals surface area (Å²) in [5, 5.41) is 5.53. The van der Waals surface area contributed by atoms with Crippen LogP contribution in [-0.4, -0.2) is 22.0 Å². The van der Waals surface area contributed by atoms with Crippen LogP contribution in [0, 0.1) is 0 Å². The average molecular weight is 556 g/mol. The minimum Gasteiger partial charge on any atom is -0.489 e. The summed E-state index contributed by atoms with van der Waals surface area (Å²) < 4.78 is 8.95. The third kappa shape index (κ3) is 4.95. The maximum atomic E-state index is 13.2. The van der Waals surface area contributed by atoms with E-state index in [9.17, 15) is 4.79 Å². The zero-order valence-corrected chi connectivity index (χ0v) is 21.0. The van der Waals surface area contributed by atoms with E-state index in [1.54, 1.807) is 24.4 Å². The molecule has 1 atom stereocenters. The molecule has 1 aromatic heterocycles. The number of nitrogens with zero attached hydrogens (tertiary/aromatic N) is 3. The van der Waals surface area contributed by atoms with Gasteiger partial charge in [-0.3, -0.25) is 4.79 Å². The van der Waals surface area contributed by atoms with Gasteiger partial charge < -0.3 is 4.74 Å². The Morgan fingerprint density at radius 2 is 1.97 bits per heavy atom. The lowest BCUT2D eigenvalue weighted by Crippen LogP contribution is -2.23. The molecule has 0 spiro atoms. The van der Waals surface area contributed by atoms with Crippen molar-refractivity contribution in [2.24, 2.45) is 5.10 Å². The van der Waals surface area contributed by atoms with E-state index in [0.29, 0.717) is 33.1 Å². The first kappa shape index (κ1) is 23.0. The molecule has 30 heavy (non-hydrogen) atoms. The van der Waals surface area contributed by atoms with Gasteiger partial charge in [0.2, 0.25) is 0 Å². The normalized spacial score (nSPS) is 12.8. The largest absolute Gasteiger partial charge is 0.489 e. The average Bonchev–Trinajstić information content (AvgIpc) is 2.69. The summed E-state index contributed by atoms with van der Waals surface area (Å²) in [5.74, 6) is 1.22. The van der Waals surface area contributed by atoms with Gasteiger partial charge in [0, 0.05) is 21.0 Å². The predicted octanol–water partition coefficient (Wildman–Crippen LogP) is 6.76. The van der Waals surface area contributed by atoms with E-state index >= 15 is 0 Å². The molecule has 8 heteroatoms. The van der Waals surface area contributed by atoms with Crippen molar-refractivity contribution in [3.05, 3.63) is 66.0 Å². The van der Waals surface area contributed by atoms with Gasteiger partial charge in [0.05, 0.1) is 27.7 Å². The first-order valence-electron chi connectivity index (χ1n) is 9.63. The van der Waals surface area contributed by atoms with Gasteiger partial charge in [-0.25, -0.2) is 4.98 Å². The maximum absolute atomic E-state index is 13.2. The number of ether oxygens (including phenoxy) is 1. The molecule has 3 aromatic rings. The summed E-state index contributed by atoms with van der Waals surface area (Å²) in [7, 11) is 0. The van der Waals surface area contributed by atoms with Crippen LogP contribution in [0.2, 0.25) is 5.02 Å². The first-order valence-corrected chi connectivity index (χ1v) is 11.6. The summed E-state index contributed by atoms with van der Waals surface area (Å²) in [5.41, 5.74) is 1.09. The minimum atomic E-state index is -0.230. The number of hydrogen-bond acceptors (Lipinski definition) is 4. The van der Waals surface area contributed by atoms with Gasteiger partial charge >= 0.3 is 0 Å². The van der Waals surface area contributed by atoms with Crippen molar-refractivity contribution in [2.75, 3.05) is 0 Å². The van der Waals surface area contributed by atoms with Gasteiger partial charge in [0.15, 0.2) is 0 Å². The van der Waals surface area contributed by atoms with Gasteiger partial charge in [0.25, 0.3) is 5.56 Å². The fraction of sp³-hybridized carbons (Fsp3) is 0.318. The Morgan fingerprint density at radius 1 is 1.23 bits per heavy atom. The Labute approximate surface area is 197 Å². The molecular formula is C22H22Br2ClN3O2. The number of halogens is 3. The van der Waals surface area contributed by atoms with Gasteiger partial charge in [-0.1, -0.05) is 48.3 Å². The minimum absolute atomic E-state index is 0.00447. The molecule has 0 bridgehead atoms. The zero-order chi connectivity index (χ0) is 22.0. The SMILES string of the molecule is CC[C@H](C)Oc1c(Br)cc(Cl)cc1C=Nn1c(C(C)C)nc2ccc(Br)cc2c1=O. The van der Waals surface area contributed by atoms with Gasteiger partial charge in [-0.2, -0.15) is 9.78 Å². The topological polar surface area (TPSA) is 56.5 Å². The molecule has 5 nitrogen and oxygen atoms in total. The third-order valence-corrected chi connectivity index (χ3v) is 5.89. The molecule has 2 aromatic carbocycles. The Bertz CT molecular complexity index is 1180. The van der Waals surface area contributed by atoms with Crippen LogP contribution in [-0.2, 0) is 0 Å². The second-order valence-corrected chi connectivity index (χ2v) is 9.50. The summed E-state index contributed by atoms with van der Waals surface area (Å²) in [6, 6.07) is 8.99. The molecule has 0 saturated carbocycles. The van der Waals surface area contributed by atoms with Crippen LogP contribution in [0.5, 0.6) is 5.75 Å². The molecule has 0 unspecified atom stereocenters. The Kier molecular flexibility index (Phi) is 7.37. The number of rotatable bonds is 6. The summed E-state index contributed by atoms with van der Waals surface area (Å²) in [6.07, 6.45) is 2.46. The summed E-state index contributed by atoms with van der Waals surface area (Å²) in [4.78, 5) is 17.9. The molecule has 0 radical (unpaired) electrons. The monoisotopic (exact) mass is 553 g/mol. The van der Waals surface area contributed by atoms with Crippen LogP contribution in [0.15, 0.2) is 49.2 Å². The van der Waals surface area contributed by atoms with E-state index in [1.165, 1.54) is 4.68 Å². The Morgan fingerprint density at radius 3 is 2.63 bits per heavy atom. The van der Waals surface area contributed by atoms with Gasteiger partial charge in [0.1, 0.15) is 11.6 Å². The second-order valence-electron chi connectivity index (χ2n) is 7.29. The lowest BCUT2D eigenvalue weighted by Gasteiger charge is -2.17. The standard InChI is InChI=1S/C22H22Br2ClN3O2/c1-5-13(4)30-20-14(8-16(25)10-18(20)24)11-26-28-21(12(2)3)27-19-7-6-15(23)9-17(19)22(28)29/h6-13H,5H2,1-4H3/t13-/m0/s1. The van der Waals surface area contributed by atoms with Crippen LogP contribution in [0.3, 0.4) is 0 Å². The van der Waals surface area contributed by atoms with Crippen LogP contribution in [0.4, 0.5) is 0 Å². The third-order valence-electron chi connectivity index (χ3n) is 4.59. The van der Waals surface area contributed by atoms with Crippen molar-refractivity contribution in [2.45, 2.75) is 46.1 Å². The summed E-state index contributed by atoms with van der Waals surface area (Å²) >= 11 is 13.2. The number of hydrogen-bond donors (Lipinski definition) is 0. The van der Waals surface area contributed by atoms with E-state index in [-0.39, 0.29) is 17.6 Å². The van der Waals surface area contributed by atoms with Crippen molar-refractivity contribution in [3.63, 3.8) is 0 Å². The van der Waals surface area contributed by atoms with E-state index < -0.39 is 0 Å². The quantitative estimate of drug-likeness (QED) is 0.316. The highest BCUT2D eigenvalue weighted by atomic mass is 79.9. The smallest absolute Gasteiger partial charge is 0.282 e.